The number of ether oxygens (including phenoxy) is 2. The Morgan fingerprint density at radius 2 is 1.75 bits per heavy atom. The van der Waals surface area contributed by atoms with Gasteiger partial charge in [-0.25, -0.2) is 13.8 Å². The van der Waals surface area contributed by atoms with E-state index in [1.807, 2.05) is 19.1 Å². The molecular formula is C27H25BrF2N4O2. The fourth-order valence-electron chi connectivity index (χ4n) is 3.73. The number of anilines is 3. The molecule has 0 aliphatic rings. The Balaban J connectivity index is 1.52. The molecule has 0 unspecified atom stereocenters. The number of hydrogen-bond donors (Lipinski definition) is 2. The predicted octanol–water partition coefficient (Wildman–Crippen LogP) is 6.79. The monoisotopic (exact) mass is 554 g/mol. The zero-order valence-corrected chi connectivity index (χ0v) is 21.6. The van der Waals surface area contributed by atoms with Crippen molar-refractivity contribution in [3.63, 3.8) is 0 Å². The highest BCUT2D eigenvalue weighted by atomic mass is 79.9. The highest BCUT2D eigenvalue weighted by Gasteiger charge is 2.14. The Hall–Kier alpha value is -3.72. The minimum absolute atomic E-state index is 0.141. The lowest BCUT2D eigenvalue weighted by molar-refractivity contribution is 0.391. The Morgan fingerprint density at radius 1 is 0.917 bits per heavy atom. The maximum Gasteiger partial charge on any atom is 0.168 e. The molecule has 0 bridgehead atoms. The molecule has 2 N–H and O–H groups in total. The molecule has 0 aliphatic carbocycles. The molecular weight excluding hydrogens is 530 g/mol. The van der Waals surface area contributed by atoms with Crippen LogP contribution in [-0.2, 0) is 13.0 Å². The molecule has 0 fully saturated rings. The number of nitrogens with one attached hydrogen (secondary N) is 2. The molecule has 4 rings (SSSR count). The molecule has 36 heavy (non-hydrogen) atoms. The van der Waals surface area contributed by atoms with E-state index < -0.39 is 11.6 Å². The van der Waals surface area contributed by atoms with Crippen molar-refractivity contribution in [3.05, 3.63) is 99.4 Å². The minimum atomic E-state index is -0.443. The standard InChI is InChI=1S/C27H25BrF2N4O2/c1-16-19(13-31-15-24(16)34-23-7-5-20(28)11-22(23)29)10-17-8-9-32-27(26(17)30)33-14-18-4-6-21(35-2)12-25(18)36-3/h4-9,11-13,15,34H,10,14H2,1-3H3,(H,32,33). The summed E-state index contributed by atoms with van der Waals surface area (Å²) in [5, 5.41) is 6.14. The van der Waals surface area contributed by atoms with Crippen LogP contribution in [-0.4, -0.2) is 24.2 Å². The molecule has 2 aromatic carbocycles. The van der Waals surface area contributed by atoms with Crippen LogP contribution in [0.25, 0.3) is 0 Å². The number of aromatic nitrogens is 2. The first-order valence-electron chi connectivity index (χ1n) is 11.1. The van der Waals surface area contributed by atoms with E-state index in [0.29, 0.717) is 45.9 Å². The third-order valence-corrected chi connectivity index (χ3v) is 6.30. The maximum atomic E-state index is 15.4. The average molecular weight is 555 g/mol. The normalized spacial score (nSPS) is 10.7. The van der Waals surface area contributed by atoms with Crippen LogP contribution in [0, 0.1) is 18.6 Å². The van der Waals surface area contributed by atoms with Gasteiger partial charge in [-0.15, -0.1) is 0 Å². The van der Waals surface area contributed by atoms with Crippen LogP contribution in [0.5, 0.6) is 11.5 Å². The van der Waals surface area contributed by atoms with Gasteiger partial charge < -0.3 is 20.1 Å². The summed E-state index contributed by atoms with van der Waals surface area (Å²) in [5.41, 5.74) is 3.94. The van der Waals surface area contributed by atoms with Gasteiger partial charge >= 0.3 is 0 Å². The van der Waals surface area contributed by atoms with Crippen molar-refractivity contribution in [2.75, 3.05) is 24.9 Å². The molecule has 4 aromatic rings. The summed E-state index contributed by atoms with van der Waals surface area (Å²) in [7, 11) is 3.15. The first kappa shape index (κ1) is 25.4. The zero-order valence-electron chi connectivity index (χ0n) is 20.0. The second kappa shape index (κ2) is 11.3. The van der Waals surface area contributed by atoms with Gasteiger partial charge in [-0.1, -0.05) is 15.9 Å². The van der Waals surface area contributed by atoms with Crippen molar-refractivity contribution < 1.29 is 18.3 Å². The molecule has 0 atom stereocenters. The second-order valence-corrected chi connectivity index (χ2v) is 8.98. The highest BCUT2D eigenvalue weighted by Crippen LogP contribution is 2.29. The van der Waals surface area contributed by atoms with Crippen molar-refractivity contribution >= 4 is 33.1 Å². The molecule has 2 heterocycles. The summed E-state index contributed by atoms with van der Waals surface area (Å²) >= 11 is 3.26. The molecule has 2 aromatic heterocycles. The summed E-state index contributed by atoms with van der Waals surface area (Å²) in [4.78, 5) is 8.45. The summed E-state index contributed by atoms with van der Waals surface area (Å²) < 4.78 is 41.0. The lowest BCUT2D eigenvalue weighted by Gasteiger charge is -2.15. The number of methoxy groups -OCH3 is 2. The maximum absolute atomic E-state index is 15.4. The number of rotatable bonds is 9. The van der Waals surface area contributed by atoms with Gasteiger partial charge in [0.1, 0.15) is 17.3 Å². The van der Waals surface area contributed by atoms with Gasteiger partial charge in [-0.3, -0.25) is 4.98 Å². The number of nitrogens with zero attached hydrogens (tertiary/aromatic N) is 2. The number of pyridine rings is 2. The molecule has 0 saturated heterocycles. The molecule has 0 amide bonds. The van der Waals surface area contributed by atoms with Gasteiger partial charge in [0.25, 0.3) is 0 Å². The third-order valence-electron chi connectivity index (χ3n) is 5.81. The summed E-state index contributed by atoms with van der Waals surface area (Å²) in [6.45, 7) is 2.21. The Bertz CT molecular complexity index is 1380. The van der Waals surface area contributed by atoms with Gasteiger partial charge in [0.15, 0.2) is 11.6 Å². The van der Waals surface area contributed by atoms with Crippen LogP contribution in [0.15, 0.2) is 65.5 Å². The summed E-state index contributed by atoms with van der Waals surface area (Å²) in [6.07, 6.45) is 5.17. The first-order valence-corrected chi connectivity index (χ1v) is 11.9. The van der Waals surface area contributed by atoms with Crippen molar-refractivity contribution in [3.8, 4) is 11.5 Å². The number of hydrogen-bond acceptors (Lipinski definition) is 6. The van der Waals surface area contributed by atoms with Crippen LogP contribution in [0.4, 0.5) is 26.0 Å². The molecule has 9 heteroatoms. The van der Waals surface area contributed by atoms with E-state index in [4.69, 9.17) is 9.47 Å². The number of benzene rings is 2. The number of halogens is 3. The van der Waals surface area contributed by atoms with Crippen molar-refractivity contribution in [2.45, 2.75) is 19.9 Å². The largest absolute Gasteiger partial charge is 0.497 e. The van der Waals surface area contributed by atoms with Gasteiger partial charge in [-0.2, -0.15) is 0 Å². The van der Waals surface area contributed by atoms with Gasteiger partial charge in [0, 0.05) is 41.5 Å². The Kier molecular flexibility index (Phi) is 8.00. The summed E-state index contributed by atoms with van der Waals surface area (Å²) in [6, 6.07) is 11.9. The fourth-order valence-corrected chi connectivity index (χ4v) is 4.07. The van der Waals surface area contributed by atoms with Crippen molar-refractivity contribution in [1.82, 2.24) is 9.97 Å². The topological polar surface area (TPSA) is 68.3 Å². The molecule has 0 saturated carbocycles. The lowest BCUT2D eigenvalue weighted by Crippen LogP contribution is -2.08. The minimum Gasteiger partial charge on any atom is -0.497 e. The van der Waals surface area contributed by atoms with Gasteiger partial charge in [-0.05, 0) is 60.0 Å². The van der Waals surface area contributed by atoms with E-state index in [-0.39, 0.29) is 5.82 Å². The Labute approximate surface area is 216 Å². The van der Waals surface area contributed by atoms with E-state index in [2.05, 4.69) is 36.5 Å². The van der Waals surface area contributed by atoms with Crippen LogP contribution in [0.2, 0.25) is 0 Å². The van der Waals surface area contributed by atoms with Crippen molar-refractivity contribution in [1.29, 1.82) is 0 Å². The van der Waals surface area contributed by atoms with E-state index in [0.717, 1.165) is 16.7 Å². The van der Waals surface area contributed by atoms with Crippen LogP contribution in [0.3, 0.4) is 0 Å². The van der Waals surface area contributed by atoms with E-state index in [1.165, 1.54) is 6.07 Å². The third kappa shape index (κ3) is 5.73. The SMILES string of the molecule is COc1ccc(CNc2nccc(Cc3cncc(Nc4ccc(Br)cc4F)c3C)c2F)c(OC)c1. The van der Waals surface area contributed by atoms with E-state index in [9.17, 15) is 4.39 Å². The molecule has 0 aliphatic heterocycles. The molecule has 0 radical (unpaired) electrons. The van der Waals surface area contributed by atoms with Crippen LogP contribution in [0.1, 0.15) is 22.3 Å². The smallest absolute Gasteiger partial charge is 0.168 e. The van der Waals surface area contributed by atoms with Gasteiger partial charge in [0.05, 0.1) is 31.8 Å². The quantitative estimate of drug-likeness (QED) is 0.237. The molecule has 186 valence electrons. The van der Waals surface area contributed by atoms with Crippen molar-refractivity contribution in [2.24, 2.45) is 0 Å². The average Bonchev–Trinajstić information content (AvgIpc) is 2.88. The van der Waals surface area contributed by atoms with Gasteiger partial charge in [0.2, 0.25) is 0 Å². The molecule has 0 spiro atoms. The Morgan fingerprint density at radius 3 is 2.50 bits per heavy atom. The van der Waals surface area contributed by atoms with E-state index in [1.54, 1.807) is 57.1 Å². The second-order valence-electron chi connectivity index (χ2n) is 8.06. The highest BCUT2D eigenvalue weighted by molar-refractivity contribution is 9.10. The summed E-state index contributed by atoms with van der Waals surface area (Å²) in [5.74, 6) is 0.611. The predicted molar refractivity (Wildman–Crippen MR) is 140 cm³/mol. The zero-order chi connectivity index (χ0) is 25.7. The molecule has 6 nitrogen and oxygen atoms in total. The van der Waals surface area contributed by atoms with E-state index >= 15 is 4.39 Å². The fraction of sp³-hybridized carbons (Fsp3) is 0.185. The first-order chi connectivity index (χ1) is 17.4. The van der Waals surface area contributed by atoms with Crippen LogP contribution >= 0.6 is 15.9 Å². The lowest BCUT2D eigenvalue weighted by atomic mass is 10.0. The van der Waals surface area contributed by atoms with Crippen LogP contribution < -0.4 is 20.1 Å².